The fourth-order valence-electron chi connectivity index (χ4n) is 2.28. The Hall–Kier alpha value is -0.990. The molecule has 1 aliphatic rings. The summed E-state index contributed by atoms with van der Waals surface area (Å²) in [6.45, 7) is -0.0759. The molecule has 1 amide bonds. The summed E-state index contributed by atoms with van der Waals surface area (Å²) in [6, 6.07) is 2.78. The van der Waals surface area contributed by atoms with Gasteiger partial charge in [0.1, 0.15) is 4.60 Å². The lowest BCUT2D eigenvalue weighted by atomic mass is 10.1. The number of aromatic nitrogens is 1. The van der Waals surface area contributed by atoms with Gasteiger partial charge in [-0.25, -0.2) is 13.4 Å². The molecule has 1 aliphatic heterocycles. The van der Waals surface area contributed by atoms with E-state index in [1.54, 1.807) is 12.1 Å². The van der Waals surface area contributed by atoms with Gasteiger partial charge in [0, 0.05) is 24.3 Å². The van der Waals surface area contributed by atoms with Crippen LogP contribution in [0.15, 0.2) is 22.9 Å². The second-order valence-electron chi connectivity index (χ2n) is 4.65. The first-order chi connectivity index (χ1) is 9.43. The molecule has 1 unspecified atom stereocenters. The van der Waals surface area contributed by atoms with E-state index in [0.29, 0.717) is 16.6 Å². The third kappa shape index (κ3) is 3.56. The lowest BCUT2D eigenvalue weighted by molar-refractivity contribution is 0.0655. The Morgan fingerprint density at radius 3 is 2.85 bits per heavy atom. The van der Waals surface area contributed by atoms with Crippen LogP contribution < -0.4 is 0 Å². The van der Waals surface area contributed by atoms with Gasteiger partial charge in [0.2, 0.25) is 0 Å². The van der Waals surface area contributed by atoms with Crippen LogP contribution in [-0.2, 0) is 9.84 Å². The maximum atomic E-state index is 12.5. The van der Waals surface area contributed by atoms with Gasteiger partial charge in [-0.1, -0.05) is 0 Å². The number of carbonyl (C=O) groups is 1. The molecule has 2 rings (SSSR count). The van der Waals surface area contributed by atoms with Crippen molar-refractivity contribution in [1.29, 1.82) is 0 Å². The Morgan fingerprint density at radius 1 is 1.55 bits per heavy atom. The summed E-state index contributed by atoms with van der Waals surface area (Å²) in [6.07, 6.45) is 1.92. The summed E-state index contributed by atoms with van der Waals surface area (Å²) in [7, 11) is -3.08. The predicted molar refractivity (Wildman–Crippen MR) is 77.1 cm³/mol. The number of pyridine rings is 1. The third-order valence-corrected chi connectivity index (χ3v) is 5.41. The average molecular weight is 363 g/mol. The fraction of sp³-hybridized carbons (Fsp3) is 0.500. The van der Waals surface area contributed by atoms with Gasteiger partial charge in [-0.05, 0) is 34.5 Å². The van der Waals surface area contributed by atoms with E-state index in [1.165, 1.54) is 11.1 Å². The van der Waals surface area contributed by atoms with Gasteiger partial charge in [0.15, 0.2) is 9.84 Å². The third-order valence-electron chi connectivity index (χ3n) is 3.22. The molecule has 0 radical (unpaired) electrons. The molecule has 1 atom stereocenters. The van der Waals surface area contributed by atoms with E-state index in [-0.39, 0.29) is 36.6 Å². The predicted octanol–water partition coefficient (Wildman–Crippen LogP) is 0.466. The van der Waals surface area contributed by atoms with E-state index in [0.717, 1.165) is 0 Å². The number of rotatable bonds is 4. The van der Waals surface area contributed by atoms with Crippen LogP contribution >= 0.6 is 15.9 Å². The molecule has 8 heteroatoms. The summed E-state index contributed by atoms with van der Waals surface area (Å²) < 4.78 is 23.6. The van der Waals surface area contributed by atoms with Crippen molar-refractivity contribution in [2.45, 2.75) is 12.5 Å². The minimum absolute atomic E-state index is 0.0367. The van der Waals surface area contributed by atoms with Crippen molar-refractivity contribution in [3.05, 3.63) is 28.5 Å². The van der Waals surface area contributed by atoms with Gasteiger partial charge in [-0.15, -0.1) is 0 Å². The molecule has 1 aromatic rings. The second-order valence-corrected chi connectivity index (χ2v) is 7.69. The van der Waals surface area contributed by atoms with Crippen LogP contribution in [0.2, 0.25) is 0 Å². The van der Waals surface area contributed by atoms with Crippen molar-refractivity contribution in [3.63, 3.8) is 0 Å². The number of hydrogen-bond acceptors (Lipinski definition) is 5. The zero-order chi connectivity index (χ0) is 14.8. The van der Waals surface area contributed by atoms with E-state index in [2.05, 4.69) is 20.9 Å². The molecule has 0 saturated carbocycles. The molecule has 1 aromatic heterocycles. The second kappa shape index (κ2) is 6.19. The monoisotopic (exact) mass is 362 g/mol. The Morgan fingerprint density at radius 2 is 2.30 bits per heavy atom. The molecule has 2 heterocycles. The molecule has 0 spiro atoms. The van der Waals surface area contributed by atoms with E-state index < -0.39 is 9.84 Å². The van der Waals surface area contributed by atoms with E-state index in [9.17, 15) is 13.2 Å². The highest BCUT2D eigenvalue weighted by atomic mass is 79.9. The number of sulfone groups is 1. The highest BCUT2D eigenvalue weighted by molar-refractivity contribution is 9.10. The minimum Gasteiger partial charge on any atom is -0.395 e. The van der Waals surface area contributed by atoms with Gasteiger partial charge in [-0.2, -0.15) is 0 Å². The number of aliphatic hydroxyl groups excluding tert-OH is 1. The largest absolute Gasteiger partial charge is 0.395 e. The lowest BCUT2D eigenvalue weighted by Gasteiger charge is -2.27. The first kappa shape index (κ1) is 15.4. The van der Waals surface area contributed by atoms with Crippen molar-refractivity contribution in [2.24, 2.45) is 0 Å². The van der Waals surface area contributed by atoms with Crippen molar-refractivity contribution in [1.82, 2.24) is 9.88 Å². The Bertz CT molecular complexity index is 605. The molecule has 110 valence electrons. The molecule has 1 fully saturated rings. The Kier molecular flexibility index (Phi) is 4.77. The fourth-order valence-corrected chi connectivity index (χ4v) is 4.38. The maximum Gasteiger partial charge on any atom is 0.254 e. The van der Waals surface area contributed by atoms with Gasteiger partial charge in [0.25, 0.3) is 5.91 Å². The highest BCUT2D eigenvalue weighted by Crippen LogP contribution is 2.20. The van der Waals surface area contributed by atoms with E-state index >= 15 is 0 Å². The van der Waals surface area contributed by atoms with Crippen molar-refractivity contribution >= 4 is 31.7 Å². The van der Waals surface area contributed by atoms with Crippen LogP contribution in [0.4, 0.5) is 0 Å². The SMILES string of the molecule is O=C(c1ccnc(Br)c1)N(CCO)C1CCS(=O)(=O)C1. The average Bonchev–Trinajstić information content (AvgIpc) is 2.75. The molecule has 6 nitrogen and oxygen atoms in total. The van der Waals surface area contributed by atoms with Crippen LogP contribution in [0.1, 0.15) is 16.8 Å². The molecule has 1 saturated heterocycles. The zero-order valence-corrected chi connectivity index (χ0v) is 13.1. The summed E-state index contributed by atoms with van der Waals surface area (Å²) in [5.41, 5.74) is 0.421. The number of carbonyl (C=O) groups excluding carboxylic acids is 1. The zero-order valence-electron chi connectivity index (χ0n) is 10.7. The number of hydrogen-bond donors (Lipinski definition) is 1. The summed E-state index contributed by atoms with van der Waals surface area (Å²) in [5, 5.41) is 9.11. The minimum atomic E-state index is -3.08. The number of amides is 1. The molecule has 0 aliphatic carbocycles. The molecular weight excluding hydrogens is 348 g/mol. The Balaban J connectivity index is 2.22. The van der Waals surface area contributed by atoms with Crippen LogP contribution in [0, 0.1) is 0 Å². The van der Waals surface area contributed by atoms with Crippen LogP contribution in [0.25, 0.3) is 0 Å². The van der Waals surface area contributed by atoms with E-state index in [4.69, 9.17) is 5.11 Å². The molecule has 1 N–H and O–H groups in total. The lowest BCUT2D eigenvalue weighted by Crippen LogP contribution is -2.42. The quantitative estimate of drug-likeness (QED) is 0.786. The van der Waals surface area contributed by atoms with Crippen LogP contribution in [0.5, 0.6) is 0 Å². The van der Waals surface area contributed by atoms with Crippen molar-refractivity contribution in [3.8, 4) is 0 Å². The first-order valence-corrected chi connectivity index (χ1v) is 8.78. The molecule has 20 heavy (non-hydrogen) atoms. The number of aliphatic hydroxyl groups is 1. The smallest absolute Gasteiger partial charge is 0.254 e. The van der Waals surface area contributed by atoms with Gasteiger partial charge in [0.05, 0.1) is 18.1 Å². The topological polar surface area (TPSA) is 87.6 Å². The highest BCUT2D eigenvalue weighted by Gasteiger charge is 2.34. The Labute approximate surface area is 125 Å². The van der Waals surface area contributed by atoms with Crippen LogP contribution in [-0.4, -0.2) is 60.0 Å². The first-order valence-electron chi connectivity index (χ1n) is 6.17. The van der Waals surface area contributed by atoms with E-state index in [1.807, 2.05) is 0 Å². The molecular formula is C12H15BrN2O4S. The molecule has 0 bridgehead atoms. The summed E-state index contributed by atoms with van der Waals surface area (Å²) in [4.78, 5) is 17.8. The normalized spacial score (nSPS) is 20.8. The van der Waals surface area contributed by atoms with Gasteiger partial charge in [-0.3, -0.25) is 4.79 Å². The summed E-state index contributed by atoms with van der Waals surface area (Å²) in [5.74, 6) is -0.234. The van der Waals surface area contributed by atoms with Gasteiger partial charge < -0.3 is 10.0 Å². The standard InChI is InChI=1S/C12H15BrN2O4S/c13-11-7-9(1-3-14-11)12(17)15(4-5-16)10-2-6-20(18,19)8-10/h1,3,7,10,16H,2,4-6,8H2. The maximum absolute atomic E-state index is 12.5. The summed E-state index contributed by atoms with van der Waals surface area (Å²) >= 11 is 3.19. The number of nitrogens with zero attached hydrogens (tertiary/aromatic N) is 2. The van der Waals surface area contributed by atoms with Crippen molar-refractivity contribution in [2.75, 3.05) is 24.7 Å². The van der Waals surface area contributed by atoms with Gasteiger partial charge >= 0.3 is 0 Å². The van der Waals surface area contributed by atoms with Crippen molar-refractivity contribution < 1.29 is 18.3 Å². The van der Waals surface area contributed by atoms with Crippen LogP contribution in [0.3, 0.4) is 0 Å². The molecule has 0 aromatic carbocycles. The number of halogens is 1.